The molecule has 3 heterocycles. The van der Waals surface area contributed by atoms with Gasteiger partial charge in [-0.15, -0.1) is 0 Å². The van der Waals surface area contributed by atoms with Crippen LogP contribution in [0.15, 0.2) is 24.8 Å². The zero-order valence-electron chi connectivity index (χ0n) is 16.9. The minimum absolute atomic E-state index is 0.0806. The van der Waals surface area contributed by atoms with E-state index in [1.54, 1.807) is 55.1 Å². The molecular weight excluding hydrogens is 413 g/mol. The normalized spacial score (nSPS) is 12.6. The number of rotatable bonds is 7. The summed E-state index contributed by atoms with van der Waals surface area (Å²) in [6.45, 7) is 0.402. The number of nitrogens with one attached hydrogen (secondary N) is 2. The number of imidazole rings is 1. The average Bonchev–Trinajstić information content (AvgIpc) is 3.48. The number of ether oxygens (including phenoxy) is 2. The number of hydrogen-bond acceptors (Lipinski definition) is 6. The number of hydrogen-bond donors (Lipinski definition) is 2. The van der Waals surface area contributed by atoms with Crippen LogP contribution < -0.4 is 10.1 Å². The summed E-state index contributed by atoms with van der Waals surface area (Å²) >= 11 is 6.19. The number of methoxy groups -OCH3 is 2. The number of H-pyrrole nitrogens is 1. The van der Waals surface area contributed by atoms with Crippen LogP contribution in [0.5, 0.6) is 5.75 Å². The molecule has 0 aliphatic carbocycles. The number of benzene rings is 1. The Balaban J connectivity index is 2.01. The highest BCUT2D eigenvalue weighted by Crippen LogP contribution is 2.41. The van der Waals surface area contributed by atoms with E-state index >= 15 is 4.39 Å². The molecule has 3 aromatic heterocycles. The zero-order valence-corrected chi connectivity index (χ0v) is 17.7. The quantitative estimate of drug-likeness (QED) is 0.465. The van der Waals surface area contributed by atoms with Gasteiger partial charge in [0.05, 0.1) is 37.3 Å². The third-order valence-corrected chi connectivity index (χ3v) is 5.35. The van der Waals surface area contributed by atoms with E-state index in [0.29, 0.717) is 40.5 Å². The molecule has 0 radical (unpaired) electrons. The van der Waals surface area contributed by atoms with Crippen molar-refractivity contribution in [1.82, 2.24) is 34.6 Å². The Morgan fingerprint density at radius 1 is 1.37 bits per heavy atom. The van der Waals surface area contributed by atoms with Crippen LogP contribution in [0.3, 0.4) is 0 Å². The fourth-order valence-electron chi connectivity index (χ4n) is 3.56. The van der Waals surface area contributed by atoms with Gasteiger partial charge in [-0.05, 0) is 13.1 Å². The van der Waals surface area contributed by atoms with Gasteiger partial charge in [0.25, 0.3) is 0 Å². The highest BCUT2D eigenvalue weighted by atomic mass is 35.5. The summed E-state index contributed by atoms with van der Waals surface area (Å²) in [6.07, 6.45) is 5.05. The number of likely N-dealkylation sites (N-methyl/N-ethyl adjacent to an activating group) is 1. The monoisotopic (exact) mass is 433 g/mol. The Morgan fingerprint density at radius 2 is 2.17 bits per heavy atom. The topological polar surface area (TPSA) is 94.8 Å². The Hall–Kier alpha value is -2.95. The van der Waals surface area contributed by atoms with E-state index in [1.807, 2.05) is 0 Å². The van der Waals surface area contributed by atoms with Crippen molar-refractivity contribution in [3.63, 3.8) is 0 Å². The van der Waals surface area contributed by atoms with Crippen LogP contribution in [0.2, 0.25) is 5.02 Å². The van der Waals surface area contributed by atoms with Gasteiger partial charge in [-0.25, -0.2) is 14.4 Å². The molecule has 1 aromatic carbocycles. The Labute approximate surface area is 176 Å². The molecular formula is C19H21ClFN7O2. The molecule has 1 atom stereocenters. The Kier molecular flexibility index (Phi) is 5.46. The molecule has 11 heteroatoms. The van der Waals surface area contributed by atoms with E-state index in [0.717, 1.165) is 0 Å². The summed E-state index contributed by atoms with van der Waals surface area (Å²) in [7, 11) is 6.61. The second kappa shape index (κ2) is 8.05. The molecule has 2 N–H and O–H groups in total. The Morgan fingerprint density at radius 3 is 2.80 bits per heavy atom. The van der Waals surface area contributed by atoms with Crippen LogP contribution in [0.25, 0.3) is 28.1 Å². The van der Waals surface area contributed by atoms with Crippen LogP contribution in [-0.2, 0) is 11.8 Å². The first-order valence-electron chi connectivity index (χ1n) is 9.13. The zero-order chi connectivity index (χ0) is 21.4. The van der Waals surface area contributed by atoms with Crippen LogP contribution >= 0.6 is 11.6 Å². The molecule has 158 valence electrons. The third-order valence-electron chi connectivity index (χ3n) is 5.00. The van der Waals surface area contributed by atoms with Crippen molar-refractivity contribution in [2.45, 2.75) is 6.04 Å². The number of halogens is 2. The lowest BCUT2D eigenvalue weighted by Gasteiger charge is -2.10. The van der Waals surface area contributed by atoms with E-state index in [4.69, 9.17) is 21.1 Å². The van der Waals surface area contributed by atoms with Crippen LogP contribution in [0.1, 0.15) is 11.9 Å². The number of nitrogens with zero attached hydrogens (tertiary/aromatic N) is 5. The molecule has 0 aliphatic heterocycles. The SMILES string of the molecule is CN[C@H](COC)c1n[nH]c(-c2c(-n3ccnc3)c3cc(OC)c(Cl)c(F)c3n2C)n1. The molecule has 0 bridgehead atoms. The van der Waals surface area contributed by atoms with E-state index in [2.05, 4.69) is 25.5 Å². The lowest BCUT2D eigenvalue weighted by atomic mass is 10.2. The van der Waals surface area contributed by atoms with E-state index < -0.39 is 5.82 Å². The summed E-state index contributed by atoms with van der Waals surface area (Å²) in [5.74, 6) is 0.674. The second-order valence-electron chi connectivity index (χ2n) is 6.67. The van der Waals surface area contributed by atoms with Gasteiger partial charge in [0.2, 0.25) is 0 Å². The molecule has 0 fully saturated rings. The molecule has 0 spiro atoms. The van der Waals surface area contributed by atoms with Crippen molar-refractivity contribution < 1.29 is 13.9 Å². The van der Waals surface area contributed by atoms with Gasteiger partial charge in [-0.3, -0.25) is 5.10 Å². The highest BCUT2D eigenvalue weighted by Gasteiger charge is 2.27. The molecule has 0 saturated heterocycles. The van der Waals surface area contributed by atoms with Crippen LogP contribution in [0, 0.1) is 5.82 Å². The maximum atomic E-state index is 15.2. The number of aromatic nitrogens is 6. The lowest BCUT2D eigenvalue weighted by molar-refractivity contribution is 0.167. The van der Waals surface area contributed by atoms with Gasteiger partial charge in [-0.2, -0.15) is 5.10 Å². The van der Waals surface area contributed by atoms with Gasteiger partial charge < -0.3 is 23.9 Å². The summed E-state index contributed by atoms with van der Waals surface area (Å²) in [6, 6.07) is 1.51. The standard InChI is InChI=1S/C19H21ClFN7O2/c1-22-11(8-29-3)18-24-19(26-25-18)17-16(28-6-5-23-9-28)10-7-12(30-4)13(20)14(21)15(10)27(17)2/h5-7,9,11,22H,8H2,1-4H3,(H,24,25,26)/t11-/m1/s1. The van der Waals surface area contributed by atoms with Gasteiger partial charge in [0.15, 0.2) is 17.5 Å². The lowest BCUT2D eigenvalue weighted by Crippen LogP contribution is -2.22. The molecule has 4 rings (SSSR count). The van der Waals surface area contributed by atoms with E-state index in [-0.39, 0.29) is 16.8 Å². The molecule has 0 amide bonds. The number of fused-ring (bicyclic) bond motifs is 1. The first-order chi connectivity index (χ1) is 14.5. The van der Waals surface area contributed by atoms with Crippen molar-refractivity contribution in [3.8, 4) is 23.0 Å². The van der Waals surface area contributed by atoms with Crippen LogP contribution in [0.4, 0.5) is 4.39 Å². The van der Waals surface area contributed by atoms with Gasteiger partial charge in [0, 0.05) is 31.9 Å². The van der Waals surface area contributed by atoms with E-state index in [1.165, 1.54) is 7.11 Å². The second-order valence-corrected chi connectivity index (χ2v) is 7.05. The van der Waals surface area contributed by atoms with E-state index in [9.17, 15) is 0 Å². The number of aromatic amines is 1. The fraction of sp³-hybridized carbons (Fsp3) is 0.316. The number of aryl methyl sites for hydroxylation is 1. The third kappa shape index (κ3) is 3.13. The molecule has 4 aromatic rings. The molecule has 0 unspecified atom stereocenters. The van der Waals surface area contributed by atoms with Gasteiger partial charge in [-0.1, -0.05) is 11.6 Å². The molecule has 0 saturated carbocycles. The largest absolute Gasteiger partial charge is 0.495 e. The van der Waals surface area contributed by atoms with Gasteiger partial charge >= 0.3 is 0 Å². The molecule has 9 nitrogen and oxygen atoms in total. The maximum absolute atomic E-state index is 15.2. The summed E-state index contributed by atoms with van der Waals surface area (Å²) in [5, 5.41) is 10.9. The smallest absolute Gasteiger partial charge is 0.174 e. The van der Waals surface area contributed by atoms with Crippen molar-refractivity contribution in [3.05, 3.63) is 41.5 Å². The first kappa shape index (κ1) is 20.3. The molecule has 30 heavy (non-hydrogen) atoms. The maximum Gasteiger partial charge on any atom is 0.174 e. The fourth-order valence-corrected chi connectivity index (χ4v) is 3.78. The summed E-state index contributed by atoms with van der Waals surface area (Å²) in [4.78, 5) is 8.77. The first-order valence-corrected chi connectivity index (χ1v) is 9.51. The highest BCUT2D eigenvalue weighted by molar-refractivity contribution is 6.33. The van der Waals surface area contributed by atoms with Crippen molar-refractivity contribution in [2.75, 3.05) is 27.9 Å². The minimum atomic E-state index is -0.576. The van der Waals surface area contributed by atoms with Crippen LogP contribution in [-0.4, -0.2) is 57.2 Å². The predicted molar refractivity (Wildman–Crippen MR) is 111 cm³/mol. The predicted octanol–water partition coefficient (Wildman–Crippen LogP) is 2.86. The Bertz CT molecular complexity index is 1190. The van der Waals surface area contributed by atoms with Gasteiger partial charge in [0.1, 0.15) is 16.5 Å². The molecule has 0 aliphatic rings. The summed E-state index contributed by atoms with van der Waals surface area (Å²) < 4.78 is 29.2. The van der Waals surface area contributed by atoms with Crippen molar-refractivity contribution in [2.24, 2.45) is 7.05 Å². The van der Waals surface area contributed by atoms with Crippen molar-refractivity contribution in [1.29, 1.82) is 0 Å². The van der Waals surface area contributed by atoms with Crippen molar-refractivity contribution >= 4 is 22.5 Å². The minimum Gasteiger partial charge on any atom is -0.495 e. The summed E-state index contributed by atoms with van der Waals surface area (Å²) in [5.41, 5.74) is 1.62. The average molecular weight is 434 g/mol.